The molecule has 5 nitrogen and oxygen atoms in total. The number of rotatable bonds is 3. The first-order valence-corrected chi connectivity index (χ1v) is 9.11. The third kappa shape index (κ3) is 4.47. The number of aromatic nitrogens is 1. The van der Waals surface area contributed by atoms with Gasteiger partial charge in [0.15, 0.2) is 0 Å². The van der Waals surface area contributed by atoms with E-state index >= 15 is 0 Å². The maximum Gasteiger partial charge on any atom is 0.255 e. The predicted octanol–water partition coefficient (Wildman–Crippen LogP) is 3.92. The lowest BCUT2D eigenvalue weighted by molar-refractivity contribution is 0.0933. The Morgan fingerprint density at radius 3 is 2.70 bits per heavy atom. The minimum absolute atomic E-state index is 0. The maximum atomic E-state index is 13.0. The molecule has 2 aliphatic rings. The number of amides is 1. The first-order valence-electron chi connectivity index (χ1n) is 9.11. The lowest BCUT2D eigenvalue weighted by atomic mass is 9.87. The molecule has 1 aromatic carbocycles. The van der Waals surface area contributed by atoms with Crippen LogP contribution in [0.1, 0.15) is 53.2 Å². The predicted molar refractivity (Wildman–Crippen MR) is 114 cm³/mol. The van der Waals surface area contributed by atoms with Crippen molar-refractivity contribution < 1.29 is 4.79 Å². The second kappa shape index (κ2) is 9.29. The highest BCUT2D eigenvalue weighted by atomic mass is 35.5. The number of anilines is 2. The van der Waals surface area contributed by atoms with Crippen LogP contribution in [0.25, 0.3) is 0 Å². The molecule has 2 heterocycles. The summed E-state index contributed by atoms with van der Waals surface area (Å²) in [4.78, 5) is 19.7. The number of halogens is 2. The Morgan fingerprint density at radius 2 is 1.93 bits per heavy atom. The summed E-state index contributed by atoms with van der Waals surface area (Å²) in [5, 5.41) is 3.23. The monoisotopic (exact) mass is 408 g/mol. The van der Waals surface area contributed by atoms with Crippen molar-refractivity contribution in [1.82, 2.24) is 10.3 Å². The molecule has 27 heavy (non-hydrogen) atoms. The number of nitrogens with zero attached hydrogens (tertiary/aromatic N) is 2. The number of fused-ring (bicyclic) bond motifs is 1. The fourth-order valence-electron chi connectivity index (χ4n) is 3.98. The normalized spacial score (nSPS) is 18.1. The standard InChI is InChI=1S/C20H24N4O.2ClH/c21-15-8-9-16-14(13-15)5-3-7-18(16)23-20(25)17-6-4-10-22-19(17)24-11-1-2-12-24;;/h4,6,8-10,13,18H,1-3,5,7,11-12,21H2,(H,23,25);2*1H. The summed E-state index contributed by atoms with van der Waals surface area (Å²) >= 11 is 0. The third-order valence-electron chi connectivity index (χ3n) is 5.22. The molecule has 1 saturated heterocycles. The van der Waals surface area contributed by atoms with Gasteiger partial charge in [-0.15, -0.1) is 24.8 Å². The number of aryl methyl sites for hydroxylation is 1. The van der Waals surface area contributed by atoms with Crippen LogP contribution in [0.2, 0.25) is 0 Å². The molecule has 2 aromatic rings. The summed E-state index contributed by atoms with van der Waals surface area (Å²) in [6.07, 6.45) is 7.14. The molecule has 3 N–H and O–H groups in total. The molecule has 0 spiro atoms. The van der Waals surface area contributed by atoms with Crippen LogP contribution >= 0.6 is 24.8 Å². The van der Waals surface area contributed by atoms with Crippen LogP contribution in [0.4, 0.5) is 11.5 Å². The second-order valence-electron chi connectivity index (χ2n) is 6.95. The van der Waals surface area contributed by atoms with Gasteiger partial charge in [-0.05, 0) is 67.5 Å². The molecule has 1 unspecified atom stereocenters. The Balaban J connectivity index is 0.00000131. The van der Waals surface area contributed by atoms with Crippen LogP contribution in [0.5, 0.6) is 0 Å². The van der Waals surface area contributed by atoms with Crippen molar-refractivity contribution >= 4 is 42.2 Å². The highest BCUT2D eigenvalue weighted by molar-refractivity contribution is 5.99. The van der Waals surface area contributed by atoms with E-state index in [1.807, 2.05) is 24.3 Å². The lowest BCUT2D eigenvalue weighted by Crippen LogP contribution is -2.33. The number of hydrogen-bond donors (Lipinski definition) is 2. The molecule has 7 heteroatoms. The molecule has 0 bridgehead atoms. The van der Waals surface area contributed by atoms with Gasteiger partial charge in [0, 0.05) is 25.0 Å². The van der Waals surface area contributed by atoms with Gasteiger partial charge in [-0.1, -0.05) is 6.07 Å². The van der Waals surface area contributed by atoms with Crippen LogP contribution in [0, 0.1) is 0 Å². The van der Waals surface area contributed by atoms with E-state index in [1.165, 1.54) is 11.1 Å². The quantitative estimate of drug-likeness (QED) is 0.754. The van der Waals surface area contributed by atoms with Crippen LogP contribution in [-0.4, -0.2) is 24.0 Å². The fourth-order valence-corrected chi connectivity index (χ4v) is 3.98. The van der Waals surface area contributed by atoms with E-state index in [-0.39, 0.29) is 36.8 Å². The molecular formula is C20H26Cl2N4O. The zero-order valence-corrected chi connectivity index (χ0v) is 16.8. The number of hydrogen-bond acceptors (Lipinski definition) is 4. The van der Waals surface area contributed by atoms with Crippen LogP contribution < -0.4 is 16.0 Å². The molecule has 0 radical (unpaired) electrons. The highest BCUT2D eigenvalue weighted by Gasteiger charge is 2.25. The average molecular weight is 409 g/mol. The first kappa shape index (κ1) is 21.3. The van der Waals surface area contributed by atoms with E-state index in [2.05, 4.69) is 21.3 Å². The highest BCUT2D eigenvalue weighted by Crippen LogP contribution is 2.31. The number of carbonyl (C=O) groups excluding carboxylic acids is 1. The van der Waals surface area contributed by atoms with Gasteiger partial charge in [0.1, 0.15) is 5.82 Å². The Morgan fingerprint density at radius 1 is 1.15 bits per heavy atom. The number of nitrogens with one attached hydrogen (secondary N) is 1. The number of nitrogen functional groups attached to an aromatic ring is 1. The first-order chi connectivity index (χ1) is 12.2. The number of nitrogens with two attached hydrogens (primary N) is 1. The van der Waals surface area contributed by atoms with Gasteiger partial charge in [-0.2, -0.15) is 0 Å². The average Bonchev–Trinajstić information content (AvgIpc) is 3.16. The minimum Gasteiger partial charge on any atom is -0.399 e. The number of benzene rings is 1. The summed E-state index contributed by atoms with van der Waals surface area (Å²) in [6.45, 7) is 1.95. The summed E-state index contributed by atoms with van der Waals surface area (Å²) in [5.74, 6) is 0.774. The van der Waals surface area contributed by atoms with E-state index in [4.69, 9.17) is 5.73 Å². The molecule has 1 atom stereocenters. The number of carbonyl (C=O) groups is 1. The van der Waals surface area contributed by atoms with Crippen molar-refractivity contribution in [3.8, 4) is 0 Å². The van der Waals surface area contributed by atoms with Gasteiger partial charge in [0.05, 0.1) is 11.6 Å². The zero-order chi connectivity index (χ0) is 17.2. The summed E-state index contributed by atoms with van der Waals surface area (Å²) in [5.41, 5.74) is 9.81. The molecule has 4 rings (SSSR count). The topological polar surface area (TPSA) is 71.2 Å². The lowest BCUT2D eigenvalue weighted by Gasteiger charge is -2.27. The summed E-state index contributed by atoms with van der Waals surface area (Å²) in [7, 11) is 0. The molecule has 1 aliphatic heterocycles. The third-order valence-corrected chi connectivity index (χ3v) is 5.22. The molecule has 1 aliphatic carbocycles. The van der Waals surface area contributed by atoms with Gasteiger partial charge in [-0.25, -0.2) is 4.98 Å². The Bertz CT molecular complexity index is 793. The van der Waals surface area contributed by atoms with E-state index < -0.39 is 0 Å². The van der Waals surface area contributed by atoms with Gasteiger partial charge in [-0.3, -0.25) is 4.79 Å². The Labute approximate surface area is 172 Å². The van der Waals surface area contributed by atoms with Crippen LogP contribution in [0.15, 0.2) is 36.5 Å². The number of pyridine rings is 1. The van der Waals surface area contributed by atoms with E-state index in [0.29, 0.717) is 5.56 Å². The van der Waals surface area contributed by atoms with Crippen molar-refractivity contribution in [3.63, 3.8) is 0 Å². The van der Waals surface area contributed by atoms with Gasteiger partial charge < -0.3 is 16.0 Å². The second-order valence-corrected chi connectivity index (χ2v) is 6.95. The van der Waals surface area contributed by atoms with Gasteiger partial charge in [0.25, 0.3) is 5.91 Å². The maximum absolute atomic E-state index is 13.0. The largest absolute Gasteiger partial charge is 0.399 e. The zero-order valence-electron chi connectivity index (χ0n) is 15.2. The SMILES string of the molecule is Cl.Cl.Nc1ccc2c(c1)CCCC2NC(=O)c1cccnc1N1CCCC1. The summed E-state index contributed by atoms with van der Waals surface area (Å²) in [6, 6.07) is 9.77. The smallest absolute Gasteiger partial charge is 0.255 e. The van der Waals surface area contributed by atoms with Crippen molar-refractivity contribution in [2.75, 3.05) is 23.7 Å². The molecule has 0 saturated carbocycles. The van der Waals surface area contributed by atoms with Crippen molar-refractivity contribution in [3.05, 3.63) is 53.2 Å². The Kier molecular flexibility index (Phi) is 7.33. The molecule has 1 aromatic heterocycles. The molecule has 146 valence electrons. The molecule has 1 amide bonds. The fraction of sp³-hybridized carbons (Fsp3) is 0.400. The summed E-state index contributed by atoms with van der Waals surface area (Å²) < 4.78 is 0. The van der Waals surface area contributed by atoms with Crippen molar-refractivity contribution in [1.29, 1.82) is 0 Å². The van der Waals surface area contributed by atoms with Crippen molar-refractivity contribution in [2.24, 2.45) is 0 Å². The van der Waals surface area contributed by atoms with E-state index in [1.54, 1.807) is 6.20 Å². The van der Waals surface area contributed by atoms with Gasteiger partial charge in [0.2, 0.25) is 0 Å². The van der Waals surface area contributed by atoms with E-state index in [9.17, 15) is 4.79 Å². The van der Waals surface area contributed by atoms with Crippen LogP contribution in [-0.2, 0) is 6.42 Å². The Hall–Kier alpha value is -1.98. The van der Waals surface area contributed by atoms with Crippen molar-refractivity contribution in [2.45, 2.75) is 38.1 Å². The minimum atomic E-state index is -0.0373. The van der Waals surface area contributed by atoms with Crippen LogP contribution in [0.3, 0.4) is 0 Å². The van der Waals surface area contributed by atoms with E-state index in [0.717, 1.165) is 56.7 Å². The molecular weight excluding hydrogens is 383 g/mol. The molecule has 1 fully saturated rings. The van der Waals surface area contributed by atoms with Gasteiger partial charge >= 0.3 is 0 Å².